The third-order valence-electron chi connectivity index (χ3n) is 6.69. The smallest absolute Gasteiger partial charge is 0.350 e. The molecule has 11 nitrogen and oxygen atoms in total. The van der Waals surface area contributed by atoms with Crippen molar-refractivity contribution < 1.29 is 33.7 Å². The molecule has 1 aliphatic rings. The Morgan fingerprint density at radius 3 is 2.64 bits per heavy atom. The fourth-order valence-electron chi connectivity index (χ4n) is 4.88. The van der Waals surface area contributed by atoms with Gasteiger partial charge < -0.3 is 19.3 Å². The summed E-state index contributed by atoms with van der Waals surface area (Å²) in [6.45, 7) is 9.09. The number of amides is 1. The molecule has 216 valence electrons. The Labute approximate surface area is 245 Å². The quantitative estimate of drug-likeness (QED) is 0.0964. The van der Waals surface area contributed by atoms with Crippen LogP contribution in [-0.2, 0) is 14.3 Å². The van der Waals surface area contributed by atoms with E-state index in [1.165, 1.54) is 18.1 Å². The molecule has 1 amide bonds. The predicted octanol–water partition coefficient (Wildman–Crippen LogP) is 4.78. The van der Waals surface area contributed by atoms with Crippen LogP contribution in [0.1, 0.15) is 45.3 Å². The van der Waals surface area contributed by atoms with Gasteiger partial charge in [-0.3, -0.25) is 18.9 Å². The first kappa shape index (κ1) is 28.6. The molecule has 1 aliphatic heterocycles. The van der Waals surface area contributed by atoms with Gasteiger partial charge >= 0.3 is 11.9 Å². The number of imidazole rings is 1. The average molecular weight is 589 g/mol. The van der Waals surface area contributed by atoms with Crippen molar-refractivity contribution in [3.05, 3.63) is 88.3 Å². The van der Waals surface area contributed by atoms with E-state index in [1.807, 2.05) is 6.92 Å². The van der Waals surface area contributed by atoms with Gasteiger partial charge in [0.2, 0.25) is 0 Å². The average Bonchev–Trinajstić information content (AvgIpc) is 3.61. The highest BCUT2D eigenvalue weighted by molar-refractivity contribution is 7.17. The number of aliphatic hydroxyl groups excluding tert-OH is 1. The minimum Gasteiger partial charge on any atom is -0.505 e. The maximum Gasteiger partial charge on any atom is 0.350 e. The van der Waals surface area contributed by atoms with Crippen LogP contribution in [-0.4, -0.2) is 57.5 Å². The number of aryl methyl sites for hydroxylation is 2. The number of methoxy groups -OCH3 is 1. The number of benzene rings is 1. The summed E-state index contributed by atoms with van der Waals surface area (Å²) in [4.78, 5) is 50.4. The van der Waals surface area contributed by atoms with Crippen LogP contribution in [0.4, 0.5) is 5.13 Å². The van der Waals surface area contributed by atoms with Crippen molar-refractivity contribution in [2.45, 2.75) is 26.8 Å². The summed E-state index contributed by atoms with van der Waals surface area (Å²) in [5.74, 6) is -2.03. The predicted molar refractivity (Wildman–Crippen MR) is 156 cm³/mol. The molecule has 1 fully saturated rings. The topological polar surface area (TPSA) is 133 Å². The Kier molecular flexibility index (Phi) is 7.81. The van der Waals surface area contributed by atoms with Crippen LogP contribution in [0.2, 0.25) is 0 Å². The third-order valence-corrected chi connectivity index (χ3v) is 7.82. The number of carbonyl (C=O) groups excluding carboxylic acids is 3. The molecule has 1 unspecified atom stereocenters. The summed E-state index contributed by atoms with van der Waals surface area (Å²) < 4.78 is 18.0. The number of pyridine rings is 1. The number of nitrogens with zero attached hydrogens (tertiary/aromatic N) is 4. The lowest BCUT2D eigenvalue weighted by Crippen LogP contribution is -2.29. The van der Waals surface area contributed by atoms with Crippen molar-refractivity contribution >= 4 is 45.5 Å². The lowest BCUT2D eigenvalue weighted by molar-refractivity contribution is -0.132. The molecule has 0 aliphatic carbocycles. The molecule has 0 radical (unpaired) electrons. The summed E-state index contributed by atoms with van der Waals surface area (Å²) in [5.41, 5.74) is 1.91. The van der Waals surface area contributed by atoms with Crippen LogP contribution in [0.3, 0.4) is 0 Å². The Bertz CT molecular complexity index is 1770. The summed E-state index contributed by atoms with van der Waals surface area (Å²) in [7, 11) is 1.48. The number of hydrogen-bond acceptors (Lipinski definition) is 10. The molecule has 42 heavy (non-hydrogen) atoms. The van der Waals surface area contributed by atoms with Gasteiger partial charge in [-0.15, -0.1) is 0 Å². The molecular formula is C30H28N4O7S. The van der Waals surface area contributed by atoms with Crippen molar-refractivity contribution in [2.24, 2.45) is 0 Å². The summed E-state index contributed by atoms with van der Waals surface area (Å²) >= 11 is 0.913. The van der Waals surface area contributed by atoms with Crippen LogP contribution in [0.5, 0.6) is 11.5 Å². The fourth-order valence-corrected chi connectivity index (χ4v) is 5.86. The Hall–Kier alpha value is -4.97. The number of ether oxygens (including phenoxy) is 3. The zero-order chi connectivity index (χ0) is 30.1. The number of hydrogen-bond donors (Lipinski definition) is 1. The third kappa shape index (κ3) is 4.79. The van der Waals surface area contributed by atoms with Crippen molar-refractivity contribution in [3.8, 4) is 11.5 Å². The number of anilines is 1. The van der Waals surface area contributed by atoms with Crippen LogP contribution < -0.4 is 14.4 Å². The van der Waals surface area contributed by atoms with Gasteiger partial charge in [0, 0.05) is 6.20 Å². The molecule has 1 saturated heterocycles. The van der Waals surface area contributed by atoms with Crippen molar-refractivity contribution in [2.75, 3.05) is 25.2 Å². The number of esters is 1. The van der Waals surface area contributed by atoms with Crippen LogP contribution in [0.25, 0.3) is 11.4 Å². The molecule has 4 aromatic rings. The van der Waals surface area contributed by atoms with Crippen LogP contribution >= 0.6 is 11.3 Å². The van der Waals surface area contributed by atoms with Gasteiger partial charge in [-0.25, -0.2) is 14.8 Å². The van der Waals surface area contributed by atoms with E-state index in [2.05, 4.69) is 16.5 Å². The van der Waals surface area contributed by atoms with Gasteiger partial charge in [0.15, 0.2) is 22.4 Å². The standard InChI is InChI=1S/C30H28N4O7S/c1-6-14-41-29(38)27-17(4)32-30(42-27)34-24(18-11-12-19(40-7-2)20(15-18)39-5)22(26(36)28(34)37)25(35)23-16(3)31-21-10-8-9-13-33(21)23/h6,8-13,15,24,35H,1,7,14H2,2-5H3. The fraction of sp³-hybridized carbons (Fsp3) is 0.233. The van der Waals surface area contributed by atoms with E-state index in [1.54, 1.807) is 60.8 Å². The van der Waals surface area contributed by atoms with Crippen molar-refractivity contribution in [1.82, 2.24) is 14.4 Å². The summed E-state index contributed by atoms with van der Waals surface area (Å²) in [6, 6.07) is 9.22. The first-order valence-corrected chi connectivity index (χ1v) is 13.8. The van der Waals surface area contributed by atoms with Gasteiger partial charge in [0.25, 0.3) is 5.78 Å². The first-order chi connectivity index (χ1) is 20.2. The molecule has 1 atom stereocenters. The second-order valence-corrected chi connectivity index (χ2v) is 10.3. The number of rotatable bonds is 9. The van der Waals surface area contributed by atoms with Gasteiger partial charge in [0.05, 0.1) is 36.7 Å². The largest absolute Gasteiger partial charge is 0.505 e. The lowest BCUT2D eigenvalue weighted by atomic mass is 9.96. The zero-order valence-electron chi connectivity index (χ0n) is 23.4. The number of aliphatic hydroxyl groups is 1. The maximum absolute atomic E-state index is 13.7. The normalized spacial score (nSPS) is 16.2. The second kappa shape index (κ2) is 11.5. The van der Waals surface area contributed by atoms with E-state index in [0.29, 0.717) is 40.7 Å². The molecule has 3 aromatic heterocycles. The van der Waals surface area contributed by atoms with Crippen LogP contribution in [0.15, 0.2) is 60.8 Å². The van der Waals surface area contributed by atoms with E-state index in [-0.39, 0.29) is 27.9 Å². The van der Waals surface area contributed by atoms with Gasteiger partial charge in [-0.05, 0) is 50.6 Å². The molecule has 12 heteroatoms. The summed E-state index contributed by atoms with van der Waals surface area (Å²) in [6.07, 6.45) is 3.15. The van der Waals surface area contributed by atoms with Gasteiger partial charge in [0.1, 0.15) is 22.8 Å². The SMILES string of the molecule is C=CCOC(=O)c1sc(N2C(=O)C(=O)C(=C(O)c3c(C)nc4ccccn34)C2c2ccc(OCC)c(OC)c2)nc1C. The van der Waals surface area contributed by atoms with E-state index in [4.69, 9.17) is 14.2 Å². The zero-order valence-corrected chi connectivity index (χ0v) is 24.2. The molecule has 0 saturated carbocycles. The van der Waals surface area contributed by atoms with Crippen LogP contribution in [0, 0.1) is 13.8 Å². The number of carbonyl (C=O) groups is 3. The lowest BCUT2D eigenvalue weighted by Gasteiger charge is -2.24. The van der Waals surface area contributed by atoms with E-state index < -0.39 is 29.5 Å². The Morgan fingerprint density at radius 2 is 1.93 bits per heavy atom. The number of ketones is 1. The maximum atomic E-state index is 13.7. The highest BCUT2D eigenvalue weighted by Gasteiger charge is 2.49. The molecule has 0 spiro atoms. The van der Waals surface area contributed by atoms with Crippen molar-refractivity contribution in [3.63, 3.8) is 0 Å². The molecule has 0 bridgehead atoms. The first-order valence-electron chi connectivity index (χ1n) is 13.0. The highest BCUT2D eigenvalue weighted by Crippen LogP contribution is 2.45. The summed E-state index contributed by atoms with van der Waals surface area (Å²) in [5, 5.41) is 11.8. The minimum absolute atomic E-state index is 0.000647. The monoisotopic (exact) mass is 588 g/mol. The minimum atomic E-state index is -1.12. The van der Waals surface area contributed by atoms with E-state index in [9.17, 15) is 19.5 Å². The number of thiazole rings is 1. The van der Waals surface area contributed by atoms with Gasteiger partial charge in [-0.2, -0.15) is 0 Å². The number of aromatic nitrogens is 3. The second-order valence-electron chi connectivity index (χ2n) is 9.29. The molecule has 1 N–H and O–H groups in total. The molecule has 4 heterocycles. The van der Waals surface area contributed by atoms with Crippen molar-refractivity contribution in [1.29, 1.82) is 0 Å². The Morgan fingerprint density at radius 1 is 1.14 bits per heavy atom. The molecule has 5 rings (SSSR count). The Balaban J connectivity index is 1.74. The molecule has 1 aromatic carbocycles. The number of fused-ring (bicyclic) bond motifs is 1. The van der Waals surface area contributed by atoms with E-state index >= 15 is 0 Å². The number of Topliss-reactive ketones (excluding diaryl/α,β-unsaturated/α-hetero) is 1. The van der Waals surface area contributed by atoms with Gasteiger partial charge in [-0.1, -0.05) is 36.1 Å². The molecular weight excluding hydrogens is 560 g/mol. The van der Waals surface area contributed by atoms with E-state index in [0.717, 1.165) is 11.3 Å². The highest BCUT2D eigenvalue weighted by atomic mass is 32.1.